The minimum absolute atomic E-state index is 0.00819. The molecule has 4 unspecified atom stereocenters. The second-order valence-corrected chi connectivity index (χ2v) is 12.5. The van der Waals surface area contributed by atoms with Crippen LogP contribution in [-0.4, -0.2) is 43.8 Å². The van der Waals surface area contributed by atoms with Crippen molar-refractivity contribution >= 4 is 7.75 Å². The Morgan fingerprint density at radius 3 is 2.25 bits per heavy atom. The molecule has 3 aromatic carbocycles. The number of alkyl halides is 6. The van der Waals surface area contributed by atoms with Crippen LogP contribution in [0.2, 0.25) is 0 Å². The molecule has 1 aliphatic rings. The number of halogens is 7. The van der Waals surface area contributed by atoms with Crippen molar-refractivity contribution in [3.63, 3.8) is 0 Å². The second-order valence-electron chi connectivity index (χ2n) is 10.8. The highest BCUT2D eigenvalue weighted by Crippen LogP contribution is 2.43. The van der Waals surface area contributed by atoms with E-state index in [1.165, 1.54) is 19.1 Å². The summed E-state index contributed by atoms with van der Waals surface area (Å²) in [6.45, 7) is 0.839. The van der Waals surface area contributed by atoms with E-state index in [1.807, 2.05) is 0 Å². The summed E-state index contributed by atoms with van der Waals surface area (Å²) in [5.74, 6) is -0.681. The first-order chi connectivity index (χ1) is 22.5. The van der Waals surface area contributed by atoms with Gasteiger partial charge in [-0.05, 0) is 53.9 Å². The van der Waals surface area contributed by atoms with E-state index in [0.29, 0.717) is 23.3 Å². The summed E-state index contributed by atoms with van der Waals surface area (Å²) in [6.07, 6.45) is -12.8. The van der Waals surface area contributed by atoms with Gasteiger partial charge in [-0.2, -0.15) is 26.3 Å². The molecule has 5 rings (SSSR count). The van der Waals surface area contributed by atoms with Gasteiger partial charge >= 0.3 is 25.8 Å². The molecule has 0 amide bonds. The average Bonchev–Trinajstić information content (AvgIpc) is 3.41. The van der Waals surface area contributed by atoms with Crippen molar-refractivity contribution in [3.05, 3.63) is 123 Å². The zero-order chi connectivity index (χ0) is 34.9. The van der Waals surface area contributed by atoms with Gasteiger partial charge in [0.15, 0.2) is 6.29 Å². The molecule has 258 valence electrons. The van der Waals surface area contributed by atoms with E-state index >= 15 is 0 Å². The SMILES string of the molecule is CC(OC1OCCN(Cc2nn(P(=O)(O)OCc3ccccc3)c(=O)[nH]2)C1c1ccc(F)cc1)c1cc(C(F)(F)F)cc(C(F)(F)F)c1. The number of H-pyrrole nitrogens is 1. The summed E-state index contributed by atoms with van der Waals surface area (Å²) in [4.78, 5) is 27.2. The van der Waals surface area contributed by atoms with Gasteiger partial charge < -0.3 is 14.4 Å². The molecule has 0 saturated carbocycles. The predicted octanol–water partition coefficient (Wildman–Crippen LogP) is 6.59. The van der Waals surface area contributed by atoms with Gasteiger partial charge in [-0.15, -0.1) is 9.55 Å². The lowest BCUT2D eigenvalue weighted by atomic mass is 10.0. The van der Waals surface area contributed by atoms with Crippen LogP contribution < -0.4 is 5.69 Å². The average molecular weight is 705 g/mol. The van der Waals surface area contributed by atoms with Crippen molar-refractivity contribution in [2.75, 3.05) is 13.2 Å². The summed E-state index contributed by atoms with van der Waals surface area (Å²) in [5, 5.41) is 3.94. The molecule has 1 saturated heterocycles. The predicted molar refractivity (Wildman–Crippen MR) is 155 cm³/mol. The number of ether oxygens (including phenoxy) is 2. The number of aromatic nitrogens is 3. The molecule has 1 aromatic heterocycles. The van der Waals surface area contributed by atoms with Crippen molar-refractivity contribution in [1.82, 2.24) is 19.4 Å². The van der Waals surface area contributed by atoms with E-state index in [9.17, 15) is 45.0 Å². The zero-order valence-electron chi connectivity index (χ0n) is 24.9. The van der Waals surface area contributed by atoms with Crippen LogP contribution in [0.25, 0.3) is 0 Å². The van der Waals surface area contributed by atoms with Crippen molar-refractivity contribution < 1.29 is 54.2 Å². The molecule has 1 fully saturated rings. The number of hydrogen-bond donors (Lipinski definition) is 2. The van der Waals surface area contributed by atoms with Crippen molar-refractivity contribution in [2.24, 2.45) is 0 Å². The van der Waals surface area contributed by atoms with Crippen LogP contribution in [0.1, 0.15) is 52.7 Å². The normalized spacial score (nSPS) is 19.6. The quantitative estimate of drug-likeness (QED) is 0.140. The maximum atomic E-state index is 13.9. The number of rotatable bonds is 10. The third-order valence-corrected chi connectivity index (χ3v) is 8.64. The van der Waals surface area contributed by atoms with Crippen LogP contribution in [0.3, 0.4) is 0 Å². The van der Waals surface area contributed by atoms with E-state index in [0.717, 1.165) is 12.1 Å². The fraction of sp³-hybridized carbons (Fsp3) is 0.333. The van der Waals surface area contributed by atoms with Gasteiger partial charge in [-0.3, -0.25) is 14.4 Å². The molecular formula is C30H28F7N4O6P. The van der Waals surface area contributed by atoms with Gasteiger partial charge in [0.25, 0.3) is 0 Å². The van der Waals surface area contributed by atoms with E-state index in [2.05, 4.69) is 10.1 Å². The maximum Gasteiger partial charge on any atom is 0.457 e. The van der Waals surface area contributed by atoms with Gasteiger partial charge in [0.2, 0.25) is 0 Å². The Morgan fingerprint density at radius 2 is 1.65 bits per heavy atom. The van der Waals surface area contributed by atoms with Crippen LogP contribution in [0.5, 0.6) is 0 Å². The Balaban J connectivity index is 1.41. The lowest BCUT2D eigenvalue weighted by Crippen LogP contribution is -2.46. The highest BCUT2D eigenvalue weighted by Gasteiger charge is 2.40. The van der Waals surface area contributed by atoms with Crippen molar-refractivity contribution in [1.29, 1.82) is 0 Å². The Kier molecular flexibility index (Phi) is 10.3. The summed E-state index contributed by atoms with van der Waals surface area (Å²) in [5.41, 5.74) is -3.56. The molecule has 4 atom stereocenters. The van der Waals surface area contributed by atoms with Gasteiger partial charge in [0.05, 0.1) is 43.0 Å². The first-order valence-electron chi connectivity index (χ1n) is 14.3. The fourth-order valence-electron chi connectivity index (χ4n) is 5.08. The summed E-state index contributed by atoms with van der Waals surface area (Å²) >= 11 is 0. The molecule has 0 spiro atoms. The number of hydrogen-bond acceptors (Lipinski definition) is 7. The van der Waals surface area contributed by atoms with Gasteiger partial charge in [-0.1, -0.05) is 42.5 Å². The highest BCUT2D eigenvalue weighted by molar-refractivity contribution is 7.50. The molecular weight excluding hydrogens is 676 g/mol. The molecule has 2 heterocycles. The van der Waals surface area contributed by atoms with Crippen LogP contribution in [-0.2, 0) is 44.1 Å². The Labute approximate surface area is 268 Å². The zero-order valence-corrected chi connectivity index (χ0v) is 25.8. The minimum Gasteiger partial charge on any atom is -0.349 e. The van der Waals surface area contributed by atoms with E-state index in [1.54, 1.807) is 35.2 Å². The topological polar surface area (TPSA) is 119 Å². The van der Waals surface area contributed by atoms with Crippen LogP contribution in [0.15, 0.2) is 77.6 Å². The summed E-state index contributed by atoms with van der Waals surface area (Å²) < 4.78 is 125. The van der Waals surface area contributed by atoms with Gasteiger partial charge in [-0.25, -0.2) is 13.8 Å². The van der Waals surface area contributed by atoms with Crippen LogP contribution in [0, 0.1) is 5.82 Å². The maximum absolute atomic E-state index is 13.9. The third kappa shape index (κ3) is 8.40. The Morgan fingerprint density at radius 1 is 1.02 bits per heavy atom. The fourth-order valence-corrected chi connectivity index (χ4v) is 6.01. The molecule has 10 nitrogen and oxygen atoms in total. The molecule has 0 bridgehead atoms. The smallest absolute Gasteiger partial charge is 0.349 e. The number of morpholine rings is 1. The van der Waals surface area contributed by atoms with Gasteiger partial charge in [0.1, 0.15) is 11.6 Å². The van der Waals surface area contributed by atoms with Gasteiger partial charge in [0, 0.05) is 6.54 Å². The number of aromatic amines is 1. The monoisotopic (exact) mass is 704 g/mol. The molecule has 1 aliphatic heterocycles. The van der Waals surface area contributed by atoms with Crippen LogP contribution >= 0.6 is 7.75 Å². The van der Waals surface area contributed by atoms with E-state index in [-0.39, 0.29) is 42.6 Å². The largest absolute Gasteiger partial charge is 0.457 e. The number of nitrogens with zero attached hydrogens (tertiary/aromatic N) is 3. The molecule has 0 radical (unpaired) electrons. The molecule has 0 aliphatic carbocycles. The van der Waals surface area contributed by atoms with Crippen molar-refractivity contribution in [3.8, 4) is 0 Å². The second kappa shape index (κ2) is 13.9. The standard InChI is InChI=1S/C30H28F7N4O6P/c1-18(21-13-22(29(32,33)34)15-23(14-21)30(35,36)37)47-27-26(20-7-9-24(31)10-8-20)40(11-12-45-27)16-25-38-28(42)41(39-25)48(43,44)46-17-19-5-3-2-4-6-19/h2-10,13-15,18,26-27H,11-12,16-17H2,1H3,(H,43,44)(H,38,39,42). The molecule has 48 heavy (non-hydrogen) atoms. The molecule has 18 heteroatoms. The molecule has 4 aromatic rings. The Bertz CT molecular complexity index is 1780. The van der Waals surface area contributed by atoms with E-state index < -0.39 is 66.7 Å². The first kappa shape index (κ1) is 35.4. The van der Waals surface area contributed by atoms with E-state index in [4.69, 9.17) is 14.0 Å². The van der Waals surface area contributed by atoms with Crippen LogP contribution in [0.4, 0.5) is 30.7 Å². The Hall–Kier alpha value is -3.86. The highest BCUT2D eigenvalue weighted by atomic mass is 31.2. The lowest BCUT2D eigenvalue weighted by Gasteiger charge is -2.41. The number of nitrogens with one attached hydrogen (secondary N) is 1. The minimum atomic E-state index is -5.07. The summed E-state index contributed by atoms with van der Waals surface area (Å²) in [6, 6.07) is 13.6. The molecule has 2 N–H and O–H groups in total. The summed E-state index contributed by atoms with van der Waals surface area (Å²) in [7, 11) is -4.76. The third-order valence-electron chi connectivity index (χ3n) is 7.42. The van der Waals surface area contributed by atoms with Crippen molar-refractivity contribution in [2.45, 2.75) is 50.9 Å². The lowest BCUT2D eigenvalue weighted by molar-refractivity contribution is -0.231. The first-order valence-corrected chi connectivity index (χ1v) is 15.8. The number of benzene rings is 3.